The summed E-state index contributed by atoms with van der Waals surface area (Å²) >= 11 is 0. The van der Waals surface area contributed by atoms with Crippen LogP contribution in [0.25, 0.3) is 33.5 Å². The largest absolute Gasteiger partial charge is 0.490 e. The Morgan fingerprint density at radius 1 is 0.753 bits per heavy atom. The number of nitrogens with two attached hydrogens (primary N) is 3. The summed E-state index contributed by atoms with van der Waals surface area (Å²) in [5.41, 5.74) is 12.1. The summed E-state index contributed by atoms with van der Waals surface area (Å²) in [7, 11) is -20.6. The van der Waals surface area contributed by atoms with Crippen LogP contribution in [0.3, 0.4) is 0 Å². The van der Waals surface area contributed by atoms with Crippen molar-refractivity contribution in [1.29, 1.82) is 0 Å². The van der Waals surface area contributed by atoms with Gasteiger partial charge in [-0.2, -0.15) is 13.6 Å². The second-order valence-corrected chi connectivity index (χ2v) is 24.0. The van der Waals surface area contributed by atoms with Gasteiger partial charge < -0.3 is 75.4 Å². The molecule has 5 aliphatic rings. The number of aromatic amines is 2. The van der Waals surface area contributed by atoms with E-state index in [-0.39, 0.29) is 57.8 Å². The van der Waals surface area contributed by atoms with Crippen LogP contribution in [-0.2, 0) is 80.4 Å². The minimum Gasteiger partial charge on any atom is -0.387 e. The number of fused-ring (bicyclic) bond motifs is 7. The summed E-state index contributed by atoms with van der Waals surface area (Å²) in [6.45, 7) is -4.14. The number of methoxy groups -OCH3 is 1. The molecule has 16 atom stereocenters. The van der Waals surface area contributed by atoms with E-state index in [0.717, 1.165) is 17.2 Å². The molecule has 6 aromatic heterocycles. The van der Waals surface area contributed by atoms with E-state index < -0.39 is 141 Å². The fraction of sp³-hybridized carbons (Fsp3) is 0.559. The second-order valence-electron chi connectivity index (χ2n) is 17.9. The molecule has 0 saturated carbocycles. The average molecular weight is 1170 g/mol. The summed E-state index contributed by atoms with van der Waals surface area (Å²) in [5, 5.41) is 21.8. The number of phosphoric ester groups is 3. The number of hydrogen-bond acceptors (Lipinski definition) is 29. The minimum atomic E-state index is -6.18. The normalized spacial score (nSPS) is 33.0. The van der Waals surface area contributed by atoms with Crippen LogP contribution < -0.4 is 32.9 Å². The molecule has 14 N–H and O–H groups in total. The van der Waals surface area contributed by atoms with E-state index in [0.29, 0.717) is 0 Å². The number of nitrogens with one attached hydrogen (secondary N) is 2. The van der Waals surface area contributed by atoms with E-state index in [1.807, 2.05) is 0 Å². The van der Waals surface area contributed by atoms with Gasteiger partial charge in [0.2, 0.25) is 17.7 Å². The van der Waals surface area contributed by atoms with E-state index in [2.05, 4.69) is 48.5 Å². The molecule has 5 saturated heterocycles. The quantitative estimate of drug-likeness (QED) is 0.0273. The van der Waals surface area contributed by atoms with Gasteiger partial charge in [-0.05, 0) is 0 Å². The number of H-pyrrole nitrogens is 2. The highest BCUT2D eigenvalue weighted by Gasteiger charge is 2.67. The van der Waals surface area contributed by atoms with E-state index in [1.54, 1.807) is 7.05 Å². The fourth-order valence-corrected chi connectivity index (χ4v) is 14.3. The molecular weight excluding hydrogens is 1130 g/mol. The van der Waals surface area contributed by atoms with Crippen LogP contribution in [0, 0.1) is 0 Å². The van der Waals surface area contributed by atoms with Gasteiger partial charge in [0, 0.05) is 7.11 Å². The van der Waals surface area contributed by atoms with Crippen LogP contribution in [0.5, 0.6) is 0 Å². The molecule has 0 amide bonds. The highest BCUT2D eigenvalue weighted by molar-refractivity contribution is 7.66. The van der Waals surface area contributed by atoms with Crippen molar-refractivity contribution in [3.63, 3.8) is 0 Å². The molecule has 11 heterocycles. The molecule has 418 valence electrons. The van der Waals surface area contributed by atoms with E-state index in [4.69, 9.17) is 63.7 Å². The van der Waals surface area contributed by atoms with Crippen LogP contribution in [-0.4, -0.2) is 177 Å². The number of nitrogens with zero attached hydrogens (tertiary/aromatic N) is 10. The Hall–Kier alpha value is -5.15. The van der Waals surface area contributed by atoms with Crippen molar-refractivity contribution in [2.24, 2.45) is 7.05 Å². The lowest BCUT2D eigenvalue weighted by Gasteiger charge is -2.32. The van der Waals surface area contributed by atoms with Gasteiger partial charge in [0.15, 0.2) is 41.4 Å². The molecule has 0 radical (unpaired) electrons. The summed E-state index contributed by atoms with van der Waals surface area (Å²) < 4.78 is 124. The molecular formula is C34H44N15O24P4+. The second kappa shape index (κ2) is 19.0. The highest BCUT2D eigenvalue weighted by atomic mass is 31.3. The van der Waals surface area contributed by atoms with E-state index >= 15 is 0 Å². The number of imidazole rings is 3. The van der Waals surface area contributed by atoms with Gasteiger partial charge in [0.1, 0.15) is 65.8 Å². The highest BCUT2D eigenvalue weighted by Crippen LogP contribution is 2.68. The van der Waals surface area contributed by atoms with Gasteiger partial charge >= 0.3 is 36.9 Å². The van der Waals surface area contributed by atoms with Crippen molar-refractivity contribution in [3.05, 3.63) is 46.0 Å². The first-order valence-electron chi connectivity index (χ1n) is 22.1. The smallest absolute Gasteiger partial charge is 0.387 e. The number of phosphoric acid groups is 4. The molecule has 39 nitrogen and oxygen atoms in total. The predicted molar refractivity (Wildman–Crippen MR) is 244 cm³/mol. The zero-order valence-corrected chi connectivity index (χ0v) is 42.7. The van der Waals surface area contributed by atoms with Crippen LogP contribution in [0.4, 0.5) is 17.7 Å². The third-order valence-electron chi connectivity index (χ3n) is 13.0. The van der Waals surface area contributed by atoms with Crippen molar-refractivity contribution in [1.82, 2.24) is 53.6 Å². The van der Waals surface area contributed by atoms with Gasteiger partial charge in [-0.25, -0.2) is 42.8 Å². The molecule has 4 bridgehead atoms. The number of aryl methyl sites for hydroxylation is 1. The number of aliphatic hydroxyl groups is 2. The van der Waals surface area contributed by atoms with Gasteiger partial charge in [0.25, 0.3) is 17.1 Å². The summed E-state index contributed by atoms with van der Waals surface area (Å²) in [4.78, 5) is 97.1. The number of hydrogen-bond donors (Lipinski definition) is 11. The zero-order chi connectivity index (χ0) is 54.9. The molecule has 5 fully saturated rings. The Morgan fingerprint density at radius 2 is 1.38 bits per heavy atom. The third-order valence-corrected chi connectivity index (χ3v) is 18.2. The molecule has 43 heteroatoms. The van der Waals surface area contributed by atoms with Crippen molar-refractivity contribution < 1.29 is 108 Å². The maximum atomic E-state index is 13.8. The molecule has 7 unspecified atom stereocenters. The van der Waals surface area contributed by atoms with Crippen molar-refractivity contribution in [2.45, 2.75) is 72.6 Å². The lowest BCUT2D eigenvalue weighted by atomic mass is 10.0. The molecule has 77 heavy (non-hydrogen) atoms. The number of ether oxygens (including phenoxy) is 6. The van der Waals surface area contributed by atoms with Crippen LogP contribution >= 0.6 is 31.3 Å². The van der Waals surface area contributed by atoms with E-state index in [1.165, 1.54) is 33.5 Å². The lowest BCUT2D eigenvalue weighted by Crippen LogP contribution is -2.50. The fourth-order valence-electron chi connectivity index (χ4n) is 9.73. The first-order chi connectivity index (χ1) is 36.2. The maximum absolute atomic E-state index is 13.8. The first-order valence-corrected chi connectivity index (χ1v) is 28.1. The average Bonchev–Trinajstić information content (AvgIpc) is 4.36. The monoisotopic (exact) mass is 1170 g/mol. The first kappa shape index (κ1) is 53.8. The van der Waals surface area contributed by atoms with Crippen molar-refractivity contribution in [2.75, 3.05) is 57.3 Å². The predicted octanol–water partition coefficient (Wildman–Crippen LogP) is -3.89. The Kier molecular flexibility index (Phi) is 13.3. The van der Waals surface area contributed by atoms with Gasteiger partial charge in [0.05, 0.1) is 52.7 Å². The van der Waals surface area contributed by atoms with Crippen LogP contribution in [0.15, 0.2) is 34.9 Å². The summed E-state index contributed by atoms with van der Waals surface area (Å²) in [6.07, 6.45) is -9.66. The van der Waals surface area contributed by atoms with Crippen LogP contribution in [0.1, 0.15) is 18.7 Å². The Bertz CT molecular complexity index is 3660. The van der Waals surface area contributed by atoms with Crippen LogP contribution in [0.2, 0.25) is 0 Å². The maximum Gasteiger partial charge on any atom is 0.490 e. The van der Waals surface area contributed by atoms with Crippen molar-refractivity contribution >= 4 is 82.5 Å². The molecule has 0 aliphatic carbocycles. The van der Waals surface area contributed by atoms with Gasteiger partial charge in [-0.3, -0.25) is 51.4 Å². The molecule has 11 rings (SSSR count). The number of anilines is 3. The van der Waals surface area contributed by atoms with E-state index in [9.17, 15) is 57.6 Å². The number of aliphatic hydroxyl groups excluding tert-OH is 2. The zero-order valence-electron chi connectivity index (χ0n) is 39.1. The Labute approximate surface area is 426 Å². The molecule has 6 aromatic rings. The van der Waals surface area contributed by atoms with Gasteiger partial charge in [-0.1, -0.05) is 4.98 Å². The number of rotatable bonds is 19. The Balaban J connectivity index is 0.770. The lowest BCUT2D eigenvalue weighted by molar-refractivity contribution is -0.752. The topological polar surface area (TPSA) is 540 Å². The number of aromatic nitrogens is 12. The third kappa shape index (κ3) is 9.52. The Morgan fingerprint density at radius 3 is 2.06 bits per heavy atom. The molecule has 0 spiro atoms. The molecule has 0 aromatic carbocycles. The SMILES string of the molecule is CO[C@@H]1C2OC[C@]1(COP(=O)(O)OP(=O)(O)OP(=O)(O)OC[C@]13CO[C@@H](C1OP(=O)(O)OC[C@H]1O[C@@H](n4cnc5c(=O)[nH]c(N)nc54)[C@@H](O)C1O)[C@H](n1cnc4c(N)ncnc41)O3)O[C@H]2[n+]1cn(C)c2c(=O)[nH]c(N)nc21. The van der Waals surface area contributed by atoms with Crippen molar-refractivity contribution in [3.8, 4) is 0 Å². The van der Waals surface area contributed by atoms with Gasteiger partial charge in [-0.15, -0.1) is 0 Å². The summed E-state index contributed by atoms with van der Waals surface area (Å²) in [6, 6.07) is 0. The summed E-state index contributed by atoms with van der Waals surface area (Å²) in [5.74, 6) is -0.592. The standard InChI is InChI=1S/C34H43N15O24P4/c1-46-11-49(25-15(46)27(53)45-32(37)43-25)30-18-20(62-2)33(70-30,4-63-18)6-66-75(56,57)72-77(60,61)73-76(58,59)67-7-34-5-64-19(29(69-34)47-9-40-13-22(35)38-8-39-23(13)47)21(34)71-74(54,55)65-3-12-16(50)17(51)28(68-12)48-10-41-14-24(48)42-31(36)44-26(14)52/h8-12,16-21,28-30,50-51H,3-7H2,1-2H3,(H11-,35,36,37,38,39,42,43,44,45,52,53,54,55,56,57,58,59,60,61)/p+1/t12-,16?,17+,18?,19+,20-,21?,28-,29-,30-,33-,34-/m1/s1. The minimum absolute atomic E-state index is 0.0390. The number of nitrogen functional groups attached to an aromatic ring is 3. The molecule has 5 aliphatic heterocycles.